The van der Waals surface area contributed by atoms with Crippen molar-refractivity contribution in [3.8, 4) is 10.4 Å². The molecule has 112 valence electrons. The molecule has 0 aliphatic rings. The molecule has 1 heterocycles. The molecular weight excluding hydrogens is 350 g/mol. The van der Waals surface area contributed by atoms with Crippen LogP contribution in [0.2, 0.25) is 0 Å². The number of carbonyl (C=O) groups is 1. The second-order valence-corrected chi connectivity index (χ2v) is 6.91. The van der Waals surface area contributed by atoms with E-state index in [2.05, 4.69) is 29.8 Å². The normalized spacial score (nSPS) is 10.9. The van der Waals surface area contributed by atoms with Crippen LogP contribution in [0, 0.1) is 0 Å². The van der Waals surface area contributed by atoms with Crippen molar-refractivity contribution in [3.63, 3.8) is 0 Å². The molecule has 0 radical (unpaired) electrons. The van der Waals surface area contributed by atoms with Gasteiger partial charge in [0, 0.05) is 9.35 Å². The van der Waals surface area contributed by atoms with Gasteiger partial charge in [-0.2, -0.15) is 0 Å². The van der Waals surface area contributed by atoms with E-state index in [-0.39, 0.29) is 11.9 Å². The van der Waals surface area contributed by atoms with E-state index in [4.69, 9.17) is 10.5 Å². The van der Waals surface area contributed by atoms with Crippen molar-refractivity contribution in [2.24, 2.45) is 0 Å². The van der Waals surface area contributed by atoms with Gasteiger partial charge < -0.3 is 10.5 Å². The maximum absolute atomic E-state index is 12.0. The van der Waals surface area contributed by atoms with Crippen LogP contribution in [0.25, 0.3) is 10.4 Å². The predicted molar refractivity (Wildman–Crippen MR) is 91.9 cm³/mol. The topological polar surface area (TPSA) is 52.3 Å². The van der Waals surface area contributed by atoms with Crippen molar-refractivity contribution in [3.05, 3.63) is 39.2 Å². The van der Waals surface area contributed by atoms with Crippen LogP contribution in [0.1, 0.15) is 41.9 Å². The highest BCUT2D eigenvalue weighted by atomic mass is 79.9. The van der Waals surface area contributed by atoms with E-state index in [1.807, 2.05) is 24.3 Å². The van der Waals surface area contributed by atoms with Crippen molar-refractivity contribution >= 4 is 38.9 Å². The standard InChI is InChI=1S/C16H18BrNO2S/c1-4-20-16(19)15-13(18)12(9(2)3)14(21-15)10-5-7-11(17)8-6-10/h5-9H,4,18H2,1-3H3. The summed E-state index contributed by atoms with van der Waals surface area (Å²) in [6, 6.07) is 8.02. The van der Waals surface area contributed by atoms with Gasteiger partial charge in [0.15, 0.2) is 0 Å². The highest BCUT2D eigenvalue weighted by Crippen LogP contribution is 2.43. The minimum atomic E-state index is -0.342. The van der Waals surface area contributed by atoms with Crippen molar-refractivity contribution < 1.29 is 9.53 Å². The Labute approximate surface area is 137 Å². The fourth-order valence-electron chi connectivity index (χ4n) is 2.19. The van der Waals surface area contributed by atoms with E-state index >= 15 is 0 Å². The molecule has 0 saturated carbocycles. The zero-order chi connectivity index (χ0) is 15.6. The second kappa shape index (κ2) is 6.62. The minimum Gasteiger partial charge on any atom is -0.462 e. The maximum Gasteiger partial charge on any atom is 0.350 e. The molecule has 0 saturated heterocycles. The number of thiophene rings is 1. The molecule has 0 fully saturated rings. The molecule has 3 nitrogen and oxygen atoms in total. The molecule has 0 aliphatic carbocycles. The lowest BCUT2D eigenvalue weighted by Gasteiger charge is -2.09. The number of carbonyl (C=O) groups excluding carboxylic acids is 1. The number of benzene rings is 1. The third-order valence-electron chi connectivity index (χ3n) is 3.13. The summed E-state index contributed by atoms with van der Waals surface area (Å²) in [6.45, 7) is 6.30. The number of nitrogens with two attached hydrogens (primary N) is 1. The summed E-state index contributed by atoms with van der Waals surface area (Å²) in [6.07, 6.45) is 0. The van der Waals surface area contributed by atoms with E-state index in [9.17, 15) is 4.79 Å². The highest BCUT2D eigenvalue weighted by Gasteiger charge is 2.24. The van der Waals surface area contributed by atoms with Gasteiger partial charge in [-0.05, 0) is 36.1 Å². The lowest BCUT2D eigenvalue weighted by molar-refractivity contribution is 0.0533. The largest absolute Gasteiger partial charge is 0.462 e. The lowest BCUT2D eigenvalue weighted by Crippen LogP contribution is -2.06. The Hall–Kier alpha value is -1.33. The first-order chi connectivity index (χ1) is 9.95. The van der Waals surface area contributed by atoms with Gasteiger partial charge in [0.05, 0.1) is 12.3 Å². The molecule has 0 atom stereocenters. The number of rotatable bonds is 4. The smallest absolute Gasteiger partial charge is 0.350 e. The Bertz CT molecular complexity index is 647. The Morgan fingerprint density at radius 1 is 1.33 bits per heavy atom. The molecule has 0 aliphatic heterocycles. The van der Waals surface area contributed by atoms with Gasteiger partial charge >= 0.3 is 5.97 Å². The van der Waals surface area contributed by atoms with Gasteiger partial charge in [0.2, 0.25) is 0 Å². The van der Waals surface area contributed by atoms with E-state index in [1.54, 1.807) is 6.92 Å². The quantitative estimate of drug-likeness (QED) is 0.768. The Balaban J connectivity index is 2.57. The molecular formula is C16H18BrNO2S. The molecule has 2 aromatic rings. The van der Waals surface area contributed by atoms with Crippen LogP contribution in [0.5, 0.6) is 0 Å². The van der Waals surface area contributed by atoms with E-state index < -0.39 is 0 Å². The second-order valence-electron chi connectivity index (χ2n) is 4.97. The lowest BCUT2D eigenvalue weighted by atomic mass is 9.98. The van der Waals surface area contributed by atoms with Crippen molar-refractivity contribution in [1.82, 2.24) is 0 Å². The third-order valence-corrected chi connectivity index (χ3v) is 4.91. The van der Waals surface area contributed by atoms with Crippen molar-refractivity contribution in [2.45, 2.75) is 26.7 Å². The molecule has 2 N–H and O–H groups in total. The summed E-state index contributed by atoms with van der Waals surface area (Å²) in [7, 11) is 0. The first-order valence-electron chi connectivity index (χ1n) is 6.80. The molecule has 21 heavy (non-hydrogen) atoms. The summed E-state index contributed by atoms with van der Waals surface area (Å²) in [5, 5.41) is 0. The zero-order valence-corrected chi connectivity index (χ0v) is 14.7. The summed E-state index contributed by atoms with van der Waals surface area (Å²) < 4.78 is 6.12. The highest BCUT2D eigenvalue weighted by molar-refractivity contribution is 9.10. The number of nitrogen functional groups attached to an aromatic ring is 1. The monoisotopic (exact) mass is 367 g/mol. The van der Waals surface area contributed by atoms with Gasteiger partial charge in [0.1, 0.15) is 4.88 Å². The molecule has 2 rings (SSSR count). The Kier molecular flexibility index (Phi) is 5.06. The van der Waals surface area contributed by atoms with E-state index in [0.29, 0.717) is 17.2 Å². The molecule has 1 aromatic carbocycles. The van der Waals surface area contributed by atoms with Crippen LogP contribution in [0.4, 0.5) is 5.69 Å². The number of hydrogen-bond donors (Lipinski definition) is 1. The molecule has 0 amide bonds. The molecule has 0 spiro atoms. The fourth-order valence-corrected chi connectivity index (χ4v) is 3.73. The summed E-state index contributed by atoms with van der Waals surface area (Å²) >= 11 is 4.84. The van der Waals surface area contributed by atoms with Gasteiger partial charge in [-0.15, -0.1) is 11.3 Å². The summed E-state index contributed by atoms with van der Waals surface area (Å²) in [5.74, 6) is -0.103. The number of esters is 1. The average Bonchev–Trinajstić information content (AvgIpc) is 2.77. The van der Waals surface area contributed by atoms with Gasteiger partial charge in [-0.1, -0.05) is 41.9 Å². The Morgan fingerprint density at radius 2 is 1.95 bits per heavy atom. The van der Waals surface area contributed by atoms with Gasteiger partial charge in [-0.3, -0.25) is 0 Å². The van der Waals surface area contributed by atoms with E-state index in [1.165, 1.54) is 11.3 Å². The minimum absolute atomic E-state index is 0.239. The fraction of sp³-hybridized carbons (Fsp3) is 0.312. The number of ether oxygens (including phenoxy) is 1. The van der Waals surface area contributed by atoms with Crippen LogP contribution in [-0.4, -0.2) is 12.6 Å². The SMILES string of the molecule is CCOC(=O)c1sc(-c2ccc(Br)cc2)c(C(C)C)c1N. The van der Waals surface area contributed by atoms with Crippen molar-refractivity contribution in [1.29, 1.82) is 0 Å². The van der Waals surface area contributed by atoms with Gasteiger partial charge in [0.25, 0.3) is 0 Å². The predicted octanol–water partition coefficient (Wildman–Crippen LogP) is 5.06. The number of anilines is 1. The van der Waals surface area contributed by atoms with Crippen molar-refractivity contribution in [2.75, 3.05) is 12.3 Å². The van der Waals surface area contributed by atoms with Gasteiger partial charge in [-0.25, -0.2) is 4.79 Å². The maximum atomic E-state index is 12.0. The summed E-state index contributed by atoms with van der Waals surface area (Å²) in [4.78, 5) is 13.6. The molecule has 5 heteroatoms. The third kappa shape index (κ3) is 3.30. The summed E-state index contributed by atoms with van der Waals surface area (Å²) in [5.41, 5.74) is 8.83. The van der Waals surface area contributed by atoms with Crippen LogP contribution in [0.3, 0.4) is 0 Å². The van der Waals surface area contributed by atoms with Crippen LogP contribution < -0.4 is 5.73 Å². The number of halogens is 1. The molecule has 1 aromatic heterocycles. The zero-order valence-electron chi connectivity index (χ0n) is 12.3. The average molecular weight is 368 g/mol. The van der Waals surface area contributed by atoms with E-state index in [0.717, 1.165) is 20.5 Å². The number of hydrogen-bond acceptors (Lipinski definition) is 4. The molecule has 0 unspecified atom stereocenters. The van der Waals surface area contributed by atoms with Crippen LogP contribution >= 0.6 is 27.3 Å². The van der Waals surface area contributed by atoms with Crippen LogP contribution in [-0.2, 0) is 4.74 Å². The van der Waals surface area contributed by atoms with Crippen LogP contribution in [0.15, 0.2) is 28.7 Å². The first kappa shape index (κ1) is 16.0. The molecule has 0 bridgehead atoms. The Morgan fingerprint density at radius 3 is 2.48 bits per heavy atom. The first-order valence-corrected chi connectivity index (χ1v) is 8.41.